The molecule has 0 atom stereocenters. The summed E-state index contributed by atoms with van der Waals surface area (Å²) < 4.78 is 34.5. The van der Waals surface area contributed by atoms with Crippen molar-refractivity contribution in [2.24, 2.45) is 0 Å². The highest BCUT2D eigenvalue weighted by molar-refractivity contribution is 7.23. The number of urea groups is 1. The minimum atomic E-state index is -0.944. The number of rotatable bonds is 8. The van der Waals surface area contributed by atoms with E-state index in [1.54, 1.807) is 47.8 Å². The molecule has 42 heavy (non-hydrogen) atoms. The zero-order valence-corrected chi connectivity index (χ0v) is 23.5. The number of benzene rings is 3. The average molecular weight is 608 g/mol. The van der Waals surface area contributed by atoms with Gasteiger partial charge in [-0.3, -0.25) is 10.1 Å². The van der Waals surface area contributed by atoms with E-state index in [4.69, 9.17) is 16.2 Å². The van der Waals surface area contributed by atoms with Gasteiger partial charge in [0.2, 0.25) is 0 Å². The summed E-state index contributed by atoms with van der Waals surface area (Å²) in [5.74, 6) is -1.82. The Hall–Kier alpha value is -5.08. The lowest BCUT2D eigenvalue weighted by atomic mass is 10.1. The van der Waals surface area contributed by atoms with E-state index in [0.29, 0.717) is 27.4 Å². The molecule has 0 unspecified atom stereocenters. The van der Waals surface area contributed by atoms with Crippen molar-refractivity contribution in [3.63, 3.8) is 0 Å². The van der Waals surface area contributed by atoms with Crippen molar-refractivity contribution >= 4 is 56.9 Å². The molecule has 14 heteroatoms. The first kappa shape index (κ1) is 28.4. The number of nitrogen functional groups attached to an aromatic ring is 2. The number of aromatic nitrogens is 2. The maximum atomic E-state index is 14.8. The molecule has 7 N–H and O–H groups in total. The van der Waals surface area contributed by atoms with Gasteiger partial charge in [-0.2, -0.15) is 0 Å². The summed E-state index contributed by atoms with van der Waals surface area (Å²) in [5.41, 5.74) is 13.4. The Kier molecular flexibility index (Phi) is 8.26. The molecule has 0 radical (unpaired) electrons. The molecule has 0 spiro atoms. The number of thiazole rings is 2. The van der Waals surface area contributed by atoms with Crippen molar-refractivity contribution in [3.8, 4) is 26.9 Å². The van der Waals surface area contributed by atoms with Gasteiger partial charge in [0.05, 0.1) is 18.5 Å². The van der Waals surface area contributed by atoms with Crippen LogP contribution in [0.15, 0.2) is 66.0 Å². The lowest BCUT2D eigenvalue weighted by Crippen LogP contribution is -2.28. The van der Waals surface area contributed by atoms with Gasteiger partial charge in [0.1, 0.15) is 33.1 Å². The number of carbonyl (C=O) groups excluding carboxylic acids is 2. The van der Waals surface area contributed by atoms with Crippen molar-refractivity contribution in [1.29, 1.82) is 0 Å². The predicted octanol–water partition coefficient (Wildman–Crippen LogP) is 5.96. The van der Waals surface area contributed by atoms with E-state index in [-0.39, 0.29) is 40.0 Å². The lowest BCUT2D eigenvalue weighted by molar-refractivity contribution is 0.102. The van der Waals surface area contributed by atoms with E-state index in [1.807, 2.05) is 0 Å². The molecule has 10 nitrogen and oxygen atoms in total. The molecule has 0 fully saturated rings. The average Bonchev–Trinajstić information content (AvgIpc) is 3.60. The van der Waals surface area contributed by atoms with Crippen molar-refractivity contribution < 1.29 is 23.1 Å². The van der Waals surface area contributed by atoms with E-state index in [1.165, 1.54) is 30.6 Å². The number of ether oxygens (including phenoxy) is 1. The third-order valence-electron chi connectivity index (χ3n) is 5.92. The maximum Gasteiger partial charge on any atom is 0.321 e. The minimum absolute atomic E-state index is 0.0247. The number of anilines is 4. The Morgan fingerprint density at radius 1 is 0.976 bits per heavy atom. The van der Waals surface area contributed by atoms with Crippen LogP contribution in [0.4, 0.5) is 35.9 Å². The Morgan fingerprint density at radius 3 is 2.52 bits per heavy atom. The number of carbonyl (C=O) groups is 2. The first-order valence-corrected chi connectivity index (χ1v) is 14.0. The van der Waals surface area contributed by atoms with Crippen LogP contribution in [0, 0.1) is 11.6 Å². The summed E-state index contributed by atoms with van der Waals surface area (Å²) >= 11 is 2.26. The number of nitrogens with one attached hydrogen (secondary N) is 3. The molecule has 0 aliphatic carbocycles. The largest absolute Gasteiger partial charge is 0.497 e. The molecule has 2 aromatic heterocycles. The van der Waals surface area contributed by atoms with E-state index in [9.17, 15) is 18.4 Å². The van der Waals surface area contributed by atoms with E-state index in [2.05, 4.69) is 25.9 Å². The molecule has 214 valence electrons. The predicted molar refractivity (Wildman–Crippen MR) is 161 cm³/mol. The summed E-state index contributed by atoms with van der Waals surface area (Å²) in [6.07, 6.45) is 0. The van der Waals surface area contributed by atoms with Gasteiger partial charge >= 0.3 is 6.03 Å². The quantitative estimate of drug-likeness (QED) is 0.136. The van der Waals surface area contributed by atoms with E-state index < -0.39 is 23.6 Å². The van der Waals surface area contributed by atoms with Gasteiger partial charge in [0.15, 0.2) is 5.13 Å². The Morgan fingerprint density at radius 2 is 1.76 bits per heavy atom. The van der Waals surface area contributed by atoms with Gasteiger partial charge in [-0.1, -0.05) is 29.5 Å². The fourth-order valence-corrected chi connectivity index (χ4v) is 5.60. The summed E-state index contributed by atoms with van der Waals surface area (Å²) in [6, 6.07) is 14.8. The van der Waals surface area contributed by atoms with E-state index >= 15 is 0 Å². The number of nitrogens with two attached hydrogens (primary N) is 2. The molecule has 5 rings (SSSR count). The number of hydrogen-bond donors (Lipinski definition) is 5. The zero-order valence-electron chi connectivity index (χ0n) is 21.9. The number of hydrogen-bond acceptors (Lipinski definition) is 9. The van der Waals surface area contributed by atoms with Crippen molar-refractivity contribution in [2.75, 3.05) is 29.2 Å². The first-order chi connectivity index (χ1) is 20.2. The first-order valence-electron chi connectivity index (χ1n) is 12.3. The van der Waals surface area contributed by atoms with Crippen LogP contribution >= 0.6 is 22.7 Å². The van der Waals surface area contributed by atoms with Crippen molar-refractivity contribution in [3.05, 3.63) is 88.8 Å². The van der Waals surface area contributed by atoms with Crippen LogP contribution in [0.2, 0.25) is 0 Å². The minimum Gasteiger partial charge on any atom is -0.497 e. The third-order valence-corrected chi connectivity index (χ3v) is 7.90. The smallest absolute Gasteiger partial charge is 0.321 e. The van der Waals surface area contributed by atoms with Gasteiger partial charge in [-0.25, -0.2) is 23.5 Å². The normalized spacial score (nSPS) is 10.7. The molecular formula is C28H23F2N7O3S2. The maximum absolute atomic E-state index is 14.8. The van der Waals surface area contributed by atoms with Crippen LogP contribution in [0.5, 0.6) is 5.75 Å². The van der Waals surface area contributed by atoms with Gasteiger partial charge < -0.3 is 26.8 Å². The van der Waals surface area contributed by atoms with E-state index in [0.717, 1.165) is 16.9 Å². The summed E-state index contributed by atoms with van der Waals surface area (Å²) in [5, 5.41) is 10.1. The second-order valence-corrected chi connectivity index (χ2v) is 10.7. The van der Waals surface area contributed by atoms with Crippen molar-refractivity contribution in [2.45, 2.75) is 6.54 Å². The van der Waals surface area contributed by atoms with Gasteiger partial charge in [-0.05, 0) is 42.0 Å². The highest BCUT2D eigenvalue weighted by Gasteiger charge is 2.20. The van der Waals surface area contributed by atoms with Gasteiger partial charge in [0, 0.05) is 34.8 Å². The number of amides is 3. The molecule has 2 heterocycles. The van der Waals surface area contributed by atoms with Crippen LogP contribution in [-0.4, -0.2) is 29.0 Å². The molecule has 5 aromatic rings. The molecule has 0 aliphatic heterocycles. The fourth-order valence-electron chi connectivity index (χ4n) is 3.80. The standard InChI is InChI=1S/C28H23F2N7O3S2/c1-40-17-4-2-3-15(9-17)25(38)34-21-10-18(19(29)11-20(21)30)22-13-41-26(35-22)23-24(32)36-28(42-23)37-27(39)33-12-14-5-7-16(31)8-6-14/h2-11,13H,12,31-32H2,1H3,(H,34,38)(H2,33,36,37,39). The SMILES string of the molecule is COc1cccc(C(=O)Nc2cc(-c3csc(-c4sc(NC(=O)NCc5ccc(N)cc5)nc4N)n3)c(F)cc2F)c1. The van der Waals surface area contributed by atoms with Crippen LogP contribution in [0.1, 0.15) is 15.9 Å². The second kappa shape index (κ2) is 12.2. The van der Waals surface area contributed by atoms with Gasteiger partial charge in [0.25, 0.3) is 5.91 Å². The van der Waals surface area contributed by atoms with Crippen LogP contribution in [0.25, 0.3) is 21.1 Å². The van der Waals surface area contributed by atoms with Crippen LogP contribution in [-0.2, 0) is 6.54 Å². The second-order valence-electron chi connectivity index (χ2n) is 8.82. The highest BCUT2D eigenvalue weighted by Crippen LogP contribution is 2.39. The fraction of sp³-hybridized carbons (Fsp3) is 0.0714. The van der Waals surface area contributed by atoms with Crippen LogP contribution < -0.4 is 32.2 Å². The summed E-state index contributed by atoms with van der Waals surface area (Å²) in [4.78, 5) is 34.2. The molecule has 0 saturated heterocycles. The Bertz CT molecular complexity index is 1770. The third kappa shape index (κ3) is 6.45. The molecular weight excluding hydrogens is 584 g/mol. The highest BCUT2D eigenvalue weighted by atomic mass is 32.1. The Labute approximate surface area is 246 Å². The molecule has 0 saturated carbocycles. The molecule has 0 bridgehead atoms. The molecule has 3 aromatic carbocycles. The monoisotopic (exact) mass is 607 g/mol. The molecule has 3 amide bonds. The summed E-state index contributed by atoms with van der Waals surface area (Å²) in [7, 11) is 1.46. The lowest BCUT2D eigenvalue weighted by Gasteiger charge is -2.10. The number of methoxy groups -OCH3 is 1. The summed E-state index contributed by atoms with van der Waals surface area (Å²) in [6.45, 7) is 0.279. The number of halogens is 2. The molecule has 0 aliphatic rings. The van der Waals surface area contributed by atoms with Crippen LogP contribution in [0.3, 0.4) is 0 Å². The number of nitrogens with zero attached hydrogens (tertiary/aromatic N) is 2. The zero-order chi connectivity index (χ0) is 29.8. The Balaban J connectivity index is 1.30. The van der Waals surface area contributed by atoms with Gasteiger partial charge in [-0.15, -0.1) is 11.3 Å². The topological polar surface area (TPSA) is 157 Å². The van der Waals surface area contributed by atoms with Crippen molar-refractivity contribution in [1.82, 2.24) is 15.3 Å².